The number of aromatic nitrogens is 2. The van der Waals surface area contributed by atoms with E-state index >= 15 is 0 Å². The quantitative estimate of drug-likeness (QED) is 0.591. The van der Waals surface area contributed by atoms with Crippen molar-refractivity contribution < 1.29 is 14.6 Å². The molecule has 1 aromatic heterocycles. The molecule has 7 heteroatoms. The summed E-state index contributed by atoms with van der Waals surface area (Å²) in [5.74, 6) is -0.538. The highest BCUT2D eigenvalue weighted by Crippen LogP contribution is 2.45. The topological polar surface area (TPSA) is 56.5 Å². The third kappa shape index (κ3) is 3.66. The third-order valence-electron chi connectivity index (χ3n) is 6.05. The Bertz CT molecular complexity index is 968. The van der Waals surface area contributed by atoms with Gasteiger partial charge < -0.3 is 14.6 Å². The molecule has 5 nitrogen and oxygen atoms in total. The number of ether oxygens (including phenoxy) is 2. The predicted molar refractivity (Wildman–Crippen MR) is 116 cm³/mol. The predicted octanol–water partition coefficient (Wildman–Crippen LogP) is 5.35. The Kier molecular flexibility index (Phi) is 5.12. The van der Waals surface area contributed by atoms with E-state index in [1.807, 2.05) is 59.3 Å². The summed E-state index contributed by atoms with van der Waals surface area (Å²) in [6, 6.07) is 17.1. The van der Waals surface area contributed by atoms with Crippen LogP contribution in [0.3, 0.4) is 0 Å². The summed E-state index contributed by atoms with van der Waals surface area (Å²) < 4.78 is 13.5. The largest absolute Gasteiger partial charge is 0.383 e. The highest BCUT2D eigenvalue weighted by Gasteiger charge is 2.47. The van der Waals surface area contributed by atoms with E-state index < -0.39 is 11.4 Å². The van der Waals surface area contributed by atoms with E-state index in [2.05, 4.69) is 0 Å². The molecule has 0 unspecified atom stereocenters. The van der Waals surface area contributed by atoms with E-state index in [1.54, 1.807) is 0 Å². The number of hydrogen-bond acceptors (Lipinski definition) is 4. The molecule has 2 aliphatic rings. The summed E-state index contributed by atoms with van der Waals surface area (Å²) in [6.45, 7) is 1.23. The van der Waals surface area contributed by atoms with Crippen LogP contribution in [0.25, 0.3) is 16.9 Å². The van der Waals surface area contributed by atoms with Crippen LogP contribution in [0.1, 0.15) is 31.4 Å². The van der Waals surface area contributed by atoms with Gasteiger partial charge in [-0.15, -0.1) is 0 Å². The summed E-state index contributed by atoms with van der Waals surface area (Å²) in [5.41, 5.74) is 2.33. The summed E-state index contributed by atoms with van der Waals surface area (Å²) in [4.78, 5) is 0. The van der Waals surface area contributed by atoms with Gasteiger partial charge in [0, 0.05) is 28.5 Å². The lowest BCUT2D eigenvalue weighted by Gasteiger charge is -2.39. The van der Waals surface area contributed by atoms with Gasteiger partial charge in [-0.05, 0) is 55.3 Å². The fourth-order valence-corrected chi connectivity index (χ4v) is 4.55. The molecule has 0 atom stereocenters. The summed E-state index contributed by atoms with van der Waals surface area (Å²) in [5, 5.41) is 17.6. The average molecular weight is 445 g/mol. The van der Waals surface area contributed by atoms with Crippen molar-refractivity contribution in [2.24, 2.45) is 0 Å². The molecule has 0 radical (unpaired) electrons. The molecule has 3 aromatic rings. The van der Waals surface area contributed by atoms with Crippen molar-refractivity contribution in [3.63, 3.8) is 0 Å². The number of benzene rings is 2. The fraction of sp³-hybridized carbons (Fsp3) is 0.348. The van der Waals surface area contributed by atoms with Crippen LogP contribution < -0.4 is 0 Å². The molecule has 5 rings (SSSR count). The van der Waals surface area contributed by atoms with Crippen LogP contribution >= 0.6 is 23.2 Å². The van der Waals surface area contributed by atoms with Crippen LogP contribution in [0, 0.1) is 0 Å². The number of halogens is 2. The number of nitrogens with zero attached hydrogens (tertiary/aromatic N) is 2. The zero-order chi connectivity index (χ0) is 20.8. The molecular weight excluding hydrogens is 423 g/mol. The van der Waals surface area contributed by atoms with Gasteiger partial charge in [-0.2, -0.15) is 5.10 Å². The van der Waals surface area contributed by atoms with E-state index in [4.69, 9.17) is 37.8 Å². The number of aliphatic hydroxyl groups is 1. The highest BCUT2D eigenvalue weighted by molar-refractivity contribution is 6.30. The van der Waals surface area contributed by atoms with E-state index in [9.17, 15) is 5.11 Å². The maximum atomic E-state index is 11.5. The average Bonchev–Trinajstić information content (AvgIpc) is 3.40. The van der Waals surface area contributed by atoms with Gasteiger partial charge in [0.25, 0.3) is 0 Å². The molecule has 1 spiro atoms. The Hall–Kier alpha value is -1.89. The molecule has 2 heterocycles. The van der Waals surface area contributed by atoms with Crippen molar-refractivity contribution in [1.82, 2.24) is 9.78 Å². The van der Waals surface area contributed by atoms with E-state index in [1.165, 1.54) is 0 Å². The van der Waals surface area contributed by atoms with Gasteiger partial charge in [0.15, 0.2) is 5.79 Å². The molecule has 2 fully saturated rings. The van der Waals surface area contributed by atoms with E-state index in [-0.39, 0.29) is 0 Å². The lowest BCUT2D eigenvalue weighted by Crippen LogP contribution is -2.42. The minimum absolute atomic E-state index is 0.532. The molecule has 1 aliphatic heterocycles. The van der Waals surface area contributed by atoms with Crippen LogP contribution in [-0.2, 0) is 15.1 Å². The first-order valence-corrected chi connectivity index (χ1v) is 10.8. The fourth-order valence-electron chi connectivity index (χ4n) is 4.30. The molecule has 2 aromatic carbocycles. The minimum Gasteiger partial charge on any atom is -0.383 e. The third-order valence-corrected chi connectivity index (χ3v) is 6.55. The molecular formula is C23H22Cl2N2O3. The van der Waals surface area contributed by atoms with Crippen molar-refractivity contribution in [2.45, 2.75) is 37.1 Å². The van der Waals surface area contributed by atoms with Gasteiger partial charge in [0.1, 0.15) is 5.60 Å². The van der Waals surface area contributed by atoms with Crippen LogP contribution in [0.2, 0.25) is 10.0 Å². The van der Waals surface area contributed by atoms with Gasteiger partial charge in [-0.3, -0.25) is 0 Å². The van der Waals surface area contributed by atoms with Crippen molar-refractivity contribution in [3.05, 3.63) is 70.3 Å². The second-order valence-electron chi connectivity index (χ2n) is 7.95. The highest BCUT2D eigenvalue weighted by atomic mass is 35.5. The van der Waals surface area contributed by atoms with Crippen molar-refractivity contribution in [3.8, 4) is 16.9 Å². The van der Waals surface area contributed by atoms with Gasteiger partial charge in [-0.1, -0.05) is 35.3 Å². The SMILES string of the molecule is OC1(c2cc(-c3ccc(Cl)cc3)n(-c3ccc(Cl)cc3)n2)CCC2(CC1)OCCO2. The second-order valence-corrected chi connectivity index (χ2v) is 8.82. The van der Waals surface area contributed by atoms with Crippen LogP contribution in [0.4, 0.5) is 0 Å². The first kappa shape index (κ1) is 20.0. The van der Waals surface area contributed by atoms with Gasteiger partial charge in [-0.25, -0.2) is 4.68 Å². The molecule has 1 saturated carbocycles. The zero-order valence-corrected chi connectivity index (χ0v) is 17.9. The van der Waals surface area contributed by atoms with Crippen LogP contribution in [0.15, 0.2) is 54.6 Å². The Morgan fingerprint density at radius 2 is 1.40 bits per heavy atom. The first-order valence-electron chi connectivity index (χ1n) is 10.1. The molecule has 156 valence electrons. The molecule has 0 bridgehead atoms. The van der Waals surface area contributed by atoms with Crippen LogP contribution in [0.5, 0.6) is 0 Å². The monoisotopic (exact) mass is 444 g/mol. The molecule has 1 aliphatic carbocycles. The lowest BCUT2D eigenvalue weighted by atomic mass is 9.79. The van der Waals surface area contributed by atoms with E-state index in [0.717, 1.165) is 16.9 Å². The van der Waals surface area contributed by atoms with Crippen LogP contribution in [-0.4, -0.2) is 33.9 Å². The maximum Gasteiger partial charge on any atom is 0.168 e. The molecule has 0 amide bonds. The smallest absolute Gasteiger partial charge is 0.168 e. The minimum atomic E-state index is -1.03. The number of hydrogen-bond donors (Lipinski definition) is 1. The molecule has 30 heavy (non-hydrogen) atoms. The summed E-state index contributed by atoms with van der Waals surface area (Å²) in [6.07, 6.45) is 2.36. The normalized spacial score (nSPS) is 20.0. The number of rotatable bonds is 3. The molecule has 1 saturated heterocycles. The Morgan fingerprint density at radius 1 is 0.833 bits per heavy atom. The van der Waals surface area contributed by atoms with Crippen molar-refractivity contribution in [2.75, 3.05) is 13.2 Å². The molecule has 1 N–H and O–H groups in total. The van der Waals surface area contributed by atoms with Crippen molar-refractivity contribution >= 4 is 23.2 Å². The zero-order valence-electron chi connectivity index (χ0n) is 16.4. The second kappa shape index (κ2) is 7.66. The van der Waals surface area contributed by atoms with E-state index in [0.29, 0.717) is 54.6 Å². The standard InChI is InChI=1S/C23H22Cl2N2O3/c24-17-3-1-16(2-4-17)20-15-21(26-27(20)19-7-5-18(25)6-8-19)22(28)9-11-23(12-10-22)29-13-14-30-23/h1-8,15,28H,9-14H2. The van der Waals surface area contributed by atoms with Gasteiger partial charge >= 0.3 is 0 Å². The van der Waals surface area contributed by atoms with Gasteiger partial charge in [0.05, 0.1) is 30.3 Å². The lowest BCUT2D eigenvalue weighted by molar-refractivity contribution is -0.204. The summed E-state index contributed by atoms with van der Waals surface area (Å²) in [7, 11) is 0. The summed E-state index contributed by atoms with van der Waals surface area (Å²) >= 11 is 12.2. The Balaban J connectivity index is 1.54. The maximum absolute atomic E-state index is 11.5. The van der Waals surface area contributed by atoms with Gasteiger partial charge in [0.2, 0.25) is 0 Å². The Morgan fingerprint density at radius 3 is 2.00 bits per heavy atom. The Labute approximate surface area is 185 Å². The van der Waals surface area contributed by atoms with Crippen molar-refractivity contribution in [1.29, 1.82) is 0 Å². The first-order chi connectivity index (χ1) is 14.5.